The zero-order chi connectivity index (χ0) is 17.7. The molecule has 0 radical (unpaired) electrons. The summed E-state index contributed by atoms with van der Waals surface area (Å²) < 4.78 is 6.93. The summed E-state index contributed by atoms with van der Waals surface area (Å²) in [6.45, 7) is 9.42. The molecule has 1 atom stereocenters. The smallest absolute Gasteiger partial charge is 0.193 e. The highest BCUT2D eigenvalue weighted by Gasteiger charge is 2.43. The Balaban J connectivity index is 2.17. The van der Waals surface area contributed by atoms with Gasteiger partial charge in [0.1, 0.15) is 0 Å². The Hall–Kier alpha value is 0.177. The van der Waals surface area contributed by atoms with Crippen LogP contribution in [0.4, 0.5) is 0 Å². The maximum atomic E-state index is 6.93. The van der Waals surface area contributed by atoms with Crippen LogP contribution in [0.25, 0.3) is 0 Å². The molecule has 144 valence electrons. The highest BCUT2D eigenvalue weighted by Crippen LogP contribution is 2.42. The van der Waals surface area contributed by atoms with Crippen LogP contribution in [0.5, 0.6) is 0 Å². The number of hydrogen-bond donors (Lipinski definition) is 0. The molecular weight excluding hydrogens is 308 g/mol. The summed E-state index contributed by atoms with van der Waals surface area (Å²) in [7, 11) is -1.38. The Bertz CT molecular complexity index is 300. The molecule has 1 nitrogen and oxygen atoms in total. The fourth-order valence-corrected chi connectivity index (χ4v) is 8.26. The molecule has 24 heavy (non-hydrogen) atoms. The van der Waals surface area contributed by atoms with Crippen LogP contribution in [-0.2, 0) is 4.43 Å². The lowest BCUT2D eigenvalue weighted by molar-refractivity contribution is 0.0166. The second-order valence-corrected chi connectivity index (χ2v) is 12.8. The average Bonchev–Trinajstić information content (AvgIpc) is 2.63. The minimum atomic E-state index is -1.38. The molecule has 1 fully saturated rings. The van der Waals surface area contributed by atoms with Crippen LogP contribution in [0.15, 0.2) is 0 Å². The van der Waals surface area contributed by atoms with E-state index in [0.29, 0.717) is 0 Å². The SMILES string of the molecule is CCCCCCCCCCCCC1(CC)CCC[Si](CC)(CC)O1. The van der Waals surface area contributed by atoms with Crippen molar-refractivity contribution in [1.29, 1.82) is 0 Å². The van der Waals surface area contributed by atoms with Crippen molar-refractivity contribution in [3.63, 3.8) is 0 Å². The molecule has 1 heterocycles. The topological polar surface area (TPSA) is 9.23 Å². The van der Waals surface area contributed by atoms with E-state index in [1.165, 1.54) is 108 Å². The highest BCUT2D eigenvalue weighted by atomic mass is 28.4. The molecular formula is C22H46OSi. The van der Waals surface area contributed by atoms with Gasteiger partial charge in [0.25, 0.3) is 0 Å². The van der Waals surface area contributed by atoms with E-state index in [-0.39, 0.29) is 5.60 Å². The Morgan fingerprint density at radius 2 is 1.29 bits per heavy atom. The van der Waals surface area contributed by atoms with Gasteiger partial charge in [-0.25, -0.2) is 0 Å². The van der Waals surface area contributed by atoms with Crippen LogP contribution in [0.2, 0.25) is 18.1 Å². The average molecular weight is 355 g/mol. The molecule has 0 aromatic heterocycles. The summed E-state index contributed by atoms with van der Waals surface area (Å²) in [4.78, 5) is 0. The van der Waals surface area contributed by atoms with Gasteiger partial charge in [-0.1, -0.05) is 98.3 Å². The lowest BCUT2D eigenvalue weighted by Gasteiger charge is -2.47. The van der Waals surface area contributed by atoms with Crippen molar-refractivity contribution >= 4 is 8.32 Å². The third kappa shape index (κ3) is 7.60. The quantitative estimate of drug-likeness (QED) is 0.225. The maximum Gasteiger partial charge on any atom is 0.193 e. The zero-order valence-corrected chi connectivity index (χ0v) is 18.4. The molecule has 0 amide bonds. The maximum absolute atomic E-state index is 6.93. The van der Waals surface area contributed by atoms with Crippen molar-refractivity contribution in [2.75, 3.05) is 0 Å². The van der Waals surface area contributed by atoms with E-state index < -0.39 is 8.32 Å². The van der Waals surface area contributed by atoms with Gasteiger partial charge in [0.2, 0.25) is 0 Å². The van der Waals surface area contributed by atoms with Crippen molar-refractivity contribution in [1.82, 2.24) is 0 Å². The third-order valence-corrected chi connectivity index (χ3v) is 11.3. The molecule has 0 spiro atoms. The Labute approximate surface area is 154 Å². The monoisotopic (exact) mass is 354 g/mol. The first kappa shape index (κ1) is 22.2. The number of rotatable bonds is 14. The summed E-state index contributed by atoms with van der Waals surface area (Å²) in [5, 5.41) is 0. The van der Waals surface area contributed by atoms with Crippen molar-refractivity contribution < 1.29 is 4.43 Å². The summed E-state index contributed by atoms with van der Waals surface area (Å²) in [5.41, 5.74) is 0.261. The molecule has 1 aliphatic rings. The third-order valence-electron chi connectivity index (χ3n) is 6.62. The van der Waals surface area contributed by atoms with Crippen LogP contribution >= 0.6 is 0 Å². The first-order chi connectivity index (χ1) is 11.7. The van der Waals surface area contributed by atoms with Gasteiger partial charge in [-0.3, -0.25) is 0 Å². The first-order valence-electron chi connectivity index (χ1n) is 11.4. The van der Waals surface area contributed by atoms with E-state index in [1.54, 1.807) is 0 Å². The molecule has 1 aliphatic heterocycles. The Kier molecular flexibility index (Phi) is 11.6. The fraction of sp³-hybridized carbons (Fsp3) is 1.00. The largest absolute Gasteiger partial charge is 0.411 e. The standard InChI is InChI=1S/C22H46OSi/c1-5-9-10-11-12-13-14-15-16-17-19-22(6-2)20-18-21-24(7-3,8-4)23-22/h5-21H2,1-4H3. The predicted molar refractivity (Wildman–Crippen MR) is 111 cm³/mol. The molecule has 2 heteroatoms. The molecule has 0 aromatic carbocycles. The molecule has 1 saturated heterocycles. The first-order valence-corrected chi connectivity index (χ1v) is 13.9. The molecule has 0 bridgehead atoms. The van der Waals surface area contributed by atoms with E-state index in [2.05, 4.69) is 27.7 Å². The van der Waals surface area contributed by atoms with Gasteiger partial charge < -0.3 is 4.43 Å². The minimum Gasteiger partial charge on any atom is -0.411 e. The van der Waals surface area contributed by atoms with Crippen molar-refractivity contribution in [2.45, 2.75) is 141 Å². The van der Waals surface area contributed by atoms with E-state index >= 15 is 0 Å². The lowest BCUT2D eigenvalue weighted by Crippen LogP contribution is -2.51. The second-order valence-electron chi connectivity index (χ2n) is 8.31. The summed E-state index contributed by atoms with van der Waals surface area (Å²) in [6, 6.07) is 4.06. The van der Waals surface area contributed by atoms with Crippen LogP contribution in [-0.4, -0.2) is 13.9 Å². The van der Waals surface area contributed by atoms with Gasteiger partial charge in [0.05, 0.1) is 5.60 Å². The van der Waals surface area contributed by atoms with E-state index in [1.807, 2.05) is 0 Å². The molecule has 1 rings (SSSR count). The molecule has 0 aliphatic carbocycles. The fourth-order valence-electron chi connectivity index (χ4n) is 4.58. The minimum absolute atomic E-state index is 0.261. The van der Waals surface area contributed by atoms with Crippen molar-refractivity contribution in [3.8, 4) is 0 Å². The lowest BCUT2D eigenvalue weighted by atomic mass is 9.88. The van der Waals surface area contributed by atoms with Gasteiger partial charge in [-0.2, -0.15) is 0 Å². The van der Waals surface area contributed by atoms with Gasteiger partial charge in [0, 0.05) is 0 Å². The molecule has 0 aromatic rings. The van der Waals surface area contributed by atoms with E-state index in [0.717, 1.165) is 0 Å². The molecule has 0 N–H and O–H groups in total. The summed E-state index contributed by atoms with van der Waals surface area (Å²) >= 11 is 0. The van der Waals surface area contributed by atoms with Gasteiger partial charge >= 0.3 is 0 Å². The number of unbranched alkanes of at least 4 members (excludes halogenated alkanes) is 9. The summed E-state index contributed by atoms with van der Waals surface area (Å²) in [6.07, 6.45) is 19.7. The summed E-state index contributed by atoms with van der Waals surface area (Å²) in [5.74, 6) is 0. The molecule has 1 unspecified atom stereocenters. The van der Waals surface area contributed by atoms with Crippen LogP contribution in [0, 0.1) is 0 Å². The number of hydrogen-bond acceptors (Lipinski definition) is 1. The normalized spacial score (nSPS) is 23.5. The second kappa shape index (κ2) is 12.5. The van der Waals surface area contributed by atoms with Crippen molar-refractivity contribution in [3.05, 3.63) is 0 Å². The Morgan fingerprint density at radius 1 is 0.750 bits per heavy atom. The van der Waals surface area contributed by atoms with Crippen LogP contribution in [0.3, 0.4) is 0 Å². The van der Waals surface area contributed by atoms with E-state index in [9.17, 15) is 0 Å². The predicted octanol–water partition coefficient (Wildman–Crippen LogP) is 8.24. The zero-order valence-electron chi connectivity index (χ0n) is 17.4. The van der Waals surface area contributed by atoms with Gasteiger partial charge in [0.15, 0.2) is 8.32 Å². The van der Waals surface area contributed by atoms with Gasteiger partial charge in [-0.15, -0.1) is 0 Å². The van der Waals surface area contributed by atoms with Crippen LogP contribution in [0.1, 0.15) is 118 Å². The molecule has 0 saturated carbocycles. The van der Waals surface area contributed by atoms with Crippen LogP contribution < -0.4 is 0 Å². The highest BCUT2D eigenvalue weighted by molar-refractivity contribution is 6.73. The van der Waals surface area contributed by atoms with Crippen molar-refractivity contribution in [2.24, 2.45) is 0 Å². The van der Waals surface area contributed by atoms with Gasteiger partial charge in [-0.05, 0) is 37.4 Å². The Morgan fingerprint density at radius 3 is 1.79 bits per heavy atom. The van der Waals surface area contributed by atoms with E-state index in [4.69, 9.17) is 4.43 Å².